The van der Waals surface area contributed by atoms with Crippen LogP contribution in [-0.2, 0) is 0 Å². The van der Waals surface area contributed by atoms with Crippen molar-refractivity contribution in [2.75, 3.05) is 0 Å². The van der Waals surface area contributed by atoms with Crippen molar-refractivity contribution in [3.05, 3.63) is 23.5 Å². The van der Waals surface area contributed by atoms with Crippen LogP contribution in [-0.4, -0.2) is 10.8 Å². The molecule has 1 aliphatic rings. The second kappa shape index (κ2) is 5.30. The Labute approximate surface area is 103 Å². The Bertz CT molecular complexity index is 417. The summed E-state index contributed by atoms with van der Waals surface area (Å²) in [6.07, 6.45) is 6.29. The standard InChI is InChI=1S/C14H21N3/c1-10-8-9-13(11(2)16-10)17-14(15)12-6-4-3-5-7-12/h8-9,12H,3-7H2,1-2H3,(H2,15,17). The Morgan fingerprint density at radius 1 is 1.24 bits per heavy atom. The molecule has 1 aromatic heterocycles. The van der Waals surface area contributed by atoms with E-state index >= 15 is 0 Å². The van der Waals surface area contributed by atoms with Crippen LogP contribution in [0.4, 0.5) is 5.69 Å². The Balaban J connectivity index is 2.16. The zero-order valence-electron chi connectivity index (χ0n) is 10.7. The number of aromatic nitrogens is 1. The molecule has 0 radical (unpaired) electrons. The topological polar surface area (TPSA) is 51.3 Å². The van der Waals surface area contributed by atoms with Crippen molar-refractivity contribution in [2.24, 2.45) is 16.6 Å². The fourth-order valence-electron chi connectivity index (χ4n) is 2.43. The SMILES string of the molecule is Cc1ccc(N=C(N)C2CCCCC2)c(C)n1. The van der Waals surface area contributed by atoms with Crippen molar-refractivity contribution in [1.82, 2.24) is 4.98 Å². The molecule has 1 aromatic rings. The minimum atomic E-state index is 0.476. The fraction of sp³-hybridized carbons (Fsp3) is 0.571. The molecule has 2 rings (SSSR count). The highest BCUT2D eigenvalue weighted by Crippen LogP contribution is 2.25. The van der Waals surface area contributed by atoms with Crippen molar-refractivity contribution < 1.29 is 0 Å². The van der Waals surface area contributed by atoms with E-state index in [0.717, 1.165) is 22.9 Å². The van der Waals surface area contributed by atoms with E-state index in [1.807, 2.05) is 26.0 Å². The summed E-state index contributed by atoms with van der Waals surface area (Å²) in [5, 5.41) is 0. The van der Waals surface area contributed by atoms with E-state index in [4.69, 9.17) is 5.73 Å². The first-order valence-electron chi connectivity index (χ1n) is 6.45. The first-order valence-corrected chi connectivity index (χ1v) is 6.45. The van der Waals surface area contributed by atoms with Crippen molar-refractivity contribution in [2.45, 2.75) is 46.0 Å². The Kier molecular flexibility index (Phi) is 3.77. The van der Waals surface area contributed by atoms with E-state index in [1.165, 1.54) is 32.1 Å². The molecule has 1 fully saturated rings. The molecule has 0 amide bonds. The van der Waals surface area contributed by atoms with Crippen molar-refractivity contribution in [3.63, 3.8) is 0 Å². The largest absolute Gasteiger partial charge is 0.387 e. The molecule has 3 heteroatoms. The molecule has 0 unspecified atom stereocenters. The van der Waals surface area contributed by atoms with Crippen molar-refractivity contribution in [1.29, 1.82) is 0 Å². The molecule has 17 heavy (non-hydrogen) atoms. The summed E-state index contributed by atoms with van der Waals surface area (Å²) in [7, 11) is 0. The first-order chi connectivity index (χ1) is 8.16. The predicted molar refractivity (Wildman–Crippen MR) is 71.6 cm³/mol. The zero-order chi connectivity index (χ0) is 12.3. The fourth-order valence-corrected chi connectivity index (χ4v) is 2.43. The Hall–Kier alpha value is -1.38. The lowest BCUT2D eigenvalue weighted by molar-refractivity contribution is 0.437. The van der Waals surface area contributed by atoms with Gasteiger partial charge in [0.15, 0.2) is 0 Å². The van der Waals surface area contributed by atoms with E-state index in [1.54, 1.807) is 0 Å². The maximum Gasteiger partial charge on any atom is 0.103 e. The van der Waals surface area contributed by atoms with Crippen LogP contribution in [0.1, 0.15) is 43.5 Å². The van der Waals surface area contributed by atoms with Crippen LogP contribution in [0.5, 0.6) is 0 Å². The summed E-state index contributed by atoms with van der Waals surface area (Å²) >= 11 is 0. The van der Waals surface area contributed by atoms with Crippen LogP contribution >= 0.6 is 0 Å². The molecule has 0 aromatic carbocycles. The minimum absolute atomic E-state index is 0.476. The van der Waals surface area contributed by atoms with E-state index in [2.05, 4.69) is 9.98 Å². The lowest BCUT2D eigenvalue weighted by atomic mass is 9.88. The zero-order valence-corrected chi connectivity index (χ0v) is 10.7. The normalized spacial score (nSPS) is 18.4. The number of aliphatic imine (C=N–C) groups is 1. The minimum Gasteiger partial charge on any atom is -0.387 e. The molecule has 1 saturated carbocycles. The van der Waals surface area contributed by atoms with Crippen LogP contribution in [0, 0.1) is 19.8 Å². The lowest BCUT2D eigenvalue weighted by Crippen LogP contribution is -2.25. The maximum atomic E-state index is 6.11. The molecule has 92 valence electrons. The van der Waals surface area contributed by atoms with Gasteiger partial charge >= 0.3 is 0 Å². The third-order valence-electron chi connectivity index (χ3n) is 3.47. The Morgan fingerprint density at radius 2 is 1.94 bits per heavy atom. The average molecular weight is 231 g/mol. The number of nitrogens with two attached hydrogens (primary N) is 1. The number of hydrogen-bond donors (Lipinski definition) is 1. The van der Waals surface area contributed by atoms with Crippen LogP contribution in [0.2, 0.25) is 0 Å². The molecule has 1 heterocycles. The van der Waals surface area contributed by atoms with Crippen molar-refractivity contribution >= 4 is 11.5 Å². The van der Waals surface area contributed by atoms with E-state index in [9.17, 15) is 0 Å². The third-order valence-corrected chi connectivity index (χ3v) is 3.47. The van der Waals surface area contributed by atoms with E-state index < -0.39 is 0 Å². The molecule has 2 N–H and O–H groups in total. The summed E-state index contributed by atoms with van der Waals surface area (Å²) in [4.78, 5) is 8.96. The van der Waals surface area contributed by atoms with Gasteiger partial charge in [-0.05, 0) is 38.8 Å². The van der Waals surface area contributed by atoms with Crippen LogP contribution < -0.4 is 5.73 Å². The smallest absolute Gasteiger partial charge is 0.103 e. The second-order valence-corrected chi connectivity index (χ2v) is 4.93. The lowest BCUT2D eigenvalue weighted by Gasteiger charge is -2.20. The summed E-state index contributed by atoms with van der Waals surface area (Å²) in [6.45, 7) is 3.98. The van der Waals surface area contributed by atoms with Crippen LogP contribution in [0.15, 0.2) is 17.1 Å². The van der Waals surface area contributed by atoms with Gasteiger partial charge in [-0.1, -0.05) is 19.3 Å². The highest BCUT2D eigenvalue weighted by Gasteiger charge is 2.17. The summed E-state index contributed by atoms with van der Waals surface area (Å²) in [5.41, 5.74) is 9.01. The number of aryl methyl sites for hydroxylation is 2. The summed E-state index contributed by atoms with van der Waals surface area (Å²) < 4.78 is 0. The predicted octanol–water partition coefficient (Wildman–Crippen LogP) is 3.27. The number of hydrogen-bond acceptors (Lipinski definition) is 2. The number of pyridine rings is 1. The van der Waals surface area contributed by atoms with Gasteiger partial charge in [-0.3, -0.25) is 4.98 Å². The van der Waals surface area contributed by atoms with Gasteiger partial charge in [0, 0.05) is 11.6 Å². The van der Waals surface area contributed by atoms with Gasteiger partial charge in [0.05, 0.1) is 11.4 Å². The molecule has 0 spiro atoms. The monoisotopic (exact) mass is 231 g/mol. The van der Waals surface area contributed by atoms with Gasteiger partial charge in [-0.15, -0.1) is 0 Å². The number of nitrogens with zero attached hydrogens (tertiary/aromatic N) is 2. The number of amidine groups is 1. The quantitative estimate of drug-likeness (QED) is 0.627. The van der Waals surface area contributed by atoms with Gasteiger partial charge in [0.2, 0.25) is 0 Å². The highest BCUT2D eigenvalue weighted by atomic mass is 14.9. The van der Waals surface area contributed by atoms with Crippen LogP contribution in [0.3, 0.4) is 0 Å². The van der Waals surface area contributed by atoms with Gasteiger partial charge in [0.25, 0.3) is 0 Å². The number of rotatable bonds is 2. The summed E-state index contributed by atoms with van der Waals surface area (Å²) in [6, 6.07) is 3.99. The highest BCUT2D eigenvalue weighted by molar-refractivity contribution is 5.85. The Morgan fingerprint density at radius 3 is 2.59 bits per heavy atom. The van der Waals surface area contributed by atoms with E-state index in [-0.39, 0.29) is 0 Å². The molecular weight excluding hydrogens is 210 g/mol. The van der Waals surface area contributed by atoms with Gasteiger partial charge < -0.3 is 5.73 Å². The second-order valence-electron chi connectivity index (χ2n) is 4.93. The van der Waals surface area contributed by atoms with E-state index in [0.29, 0.717) is 5.92 Å². The van der Waals surface area contributed by atoms with Gasteiger partial charge in [0.1, 0.15) is 5.84 Å². The van der Waals surface area contributed by atoms with Gasteiger partial charge in [-0.2, -0.15) is 0 Å². The first kappa shape index (κ1) is 12.1. The molecule has 0 bridgehead atoms. The third kappa shape index (κ3) is 3.05. The molecule has 3 nitrogen and oxygen atoms in total. The van der Waals surface area contributed by atoms with Gasteiger partial charge in [-0.25, -0.2) is 4.99 Å². The van der Waals surface area contributed by atoms with Crippen LogP contribution in [0.25, 0.3) is 0 Å². The molecular formula is C14H21N3. The molecule has 1 aliphatic carbocycles. The maximum absolute atomic E-state index is 6.11. The molecule has 0 saturated heterocycles. The molecule has 0 aliphatic heterocycles. The molecule has 0 atom stereocenters. The van der Waals surface area contributed by atoms with Crippen molar-refractivity contribution in [3.8, 4) is 0 Å². The summed E-state index contributed by atoms with van der Waals surface area (Å²) in [5.74, 6) is 1.27. The average Bonchev–Trinajstić information content (AvgIpc) is 2.34.